The highest BCUT2D eigenvalue weighted by molar-refractivity contribution is 6.32. The number of aryl methyl sites for hydroxylation is 2. The summed E-state index contributed by atoms with van der Waals surface area (Å²) in [6.45, 7) is 3.79. The number of aromatic nitrogens is 4. The average Bonchev–Trinajstić information content (AvgIpc) is 2.82. The summed E-state index contributed by atoms with van der Waals surface area (Å²) in [7, 11) is 0. The summed E-state index contributed by atoms with van der Waals surface area (Å²) in [6.07, 6.45) is 0. The molecule has 0 fully saturated rings. The lowest BCUT2D eigenvalue weighted by molar-refractivity contribution is 0.628. The molecule has 0 aliphatic rings. The molecule has 0 amide bonds. The molecular formula is C13H10ClFN4. The third kappa shape index (κ3) is 1.86. The first-order valence-electron chi connectivity index (χ1n) is 5.71. The highest BCUT2D eigenvalue weighted by atomic mass is 35.5. The fourth-order valence-electron chi connectivity index (χ4n) is 1.96. The van der Waals surface area contributed by atoms with Gasteiger partial charge in [-0.05, 0) is 38.1 Å². The van der Waals surface area contributed by atoms with Crippen molar-refractivity contribution >= 4 is 17.2 Å². The summed E-state index contributed by atoms with van der Waals surface area (Å²) in [4.78, 5) is 4.20. The molecule has 6 heteroatoms. The van der Waals surface area contributed by atoms with Gasteiger partial charge in [-0.1, -0.05) is 11.6 Å². The van der Waals surface area contributed by atoms with E-state index in [1.54, 1.807) is 12.1 Å². The van der Waals surface area contributed by atoms with Crippen LogP contribution in [-0.4, -0.2) is 19.6 Å². The molecule has 0 bridgehead atoms. The zero-order chi connectivity index (χ0) is 13.6. The molecule has 19 heavy (non-hydrogen) atoms. The van der Waals surface area contributed by atoms with Gasteiger partial charge in [0.2, 0.25) is 0 Å². The van der Waals surface area contributed by atoms with Crippen molar-refractivity contribution in [2.45, 2.75) is 13.8 Å². The maximum Gasteiger partial charge on any atom is 0.199 e. The van der Waals surface area contributed by atoms with E-state index >= 15 is 0 Å². The second kappa shape index (κ2) is 4.28. The highest BCUT2D eigenvalue weighted by Crippen LogP contribution is 2.24. The molecule has 96 valence electrons. The van der Waals surface area contributed by atoms with Crippen molar-refractivity contribution in [2.24, 2.45) is 0 Å². The van der Waals surface area contributed by atoms with Crippen LogP contribution in [0.15, 0.2) is 24.3 Å². The molecule has 0 radical (unpaired) electrons. The van der Waals surface area contributed by atoms with Gasteiger partial charge < -0.3 is 0 Å². The van der Waals surface area contributed by atoms with Crippen LogP contribution < -0.4 is 0 Å². The van der Waals surface area contributed by atoms with Crippen LogP contribution in [0.25, 0.3) is 17.0 Å². The standard InChI is InChI=1S/C13H10ClFN4/c1-7-8(2)19-12(9-3-5-10(15)6-4-9)17-18-13(19)11(14)16-7/h3-6H,1-2H3. The number of halogens is 2. The summed E-state index contributed by atoms with van der Waals surface area (Å²) >= 11 is 6.07. The van der Waals surface area contributed by atoms with Crippen molar-refractivity contribution in [3.8, 4) is 11.4 Å². The van der Waals surface area contributed by atoms with Crippen LogP contribution in [0.5, 0.6) is 0 Å². The van der Waals surface area contributed by atoms with Crippen molar-refractivity contribution in [2.75, 3.05) is 0 Å². The zero-order valence-corrected chi connectivity index (χ0v) is 11.1. The molecule has 2 aromatic heterocycles. The lowest BCUT2D eigenvalue weighted by Gasteiger charge is -2.07. The molecule has 0 spiro atoms. The second-order valence-electron chi connectivity index (χ2n) is 4.26. The van der Waals surface area contributed by atoms with Gasteiger partial charge in [-0.2, -0.15) is 0 Å². The SMILES string of the molecule is Cc1nc(Cl)c2nnc(-c3ccc(F)cc3)n2c1C. The maximum absolute atomic E-state index is 13.0. The molecule has 1 aromatic carbocycles. The van der Waals surface area contributed by atoms with E-state index in [9.17, 15) is 4.39 Å². The van der Waals surface area contributed by atoms with Gasteiger partial charge in [-0.3, -0.25) is 4.40 Å². The largest absolute Gasteiger partial charge is 0.275 e. The molecule has 0 saturated heterocycles. The van der Waals surface area contributed by atoms with E-state index in [1.165, 1.54) is 12.1 Å². The molecule has 3 aromatic rings. The molecule has 4 nitrogen and oxygen atoms in total. The number of fused-ring (bicyclic) bond motifs is 1. The summed E-state index contributed by atoms with van der Waals surface area (Å²) in [5, 5.41) is 8.48. The van der Waals surface area contributed by atoms with Crippen LogP contribution in [-0.2, 0) is 0 Å². The second-order valence-corrected chi connectivity index (χ2v) is 4.62. The normalized spacial score (nSPS) is 11.2. The van der Waals surface area contributed by atoms with Gasteiger partial charge in [-0.15, -0.1) is 10.2 Å². The Balaban J connectivity index is 2.34. The van der Waals surface area contributed by atoms with E-state index in [0.717, 1.165) is 17.0 Å². The molecule has 0 aliphatic carbocycles. The van der Waals surface area contributed by atoms with Crippen LogP contribution in [0.1, 0.15) is 11.4 Å². The fourth-order valence-corrected chi connectivity index (χ4v) is 2.21. The van der Waals surface area contributed by atoms with Crippen molar-refractivity contribution in [3.05, 3.63) is 46.6 Å². The molecular weight excluding hydrogens is 267 g/mol. The van der Waals surface area contributed by atoms with E-state index in [-0.39, 0.29) is 5.82 Å². The summed E-state index contributed by atoms with van der Waals surface area (Å²) in [5.41, 5.74) is 2.99. The molecule has 0 saturated carbocycles. The average molecular weight is 277 g/mol. The van der Waals surface area contributed by atoms with E-state index < -0.39 is 0 Å². The first kappa shape index (κ1) is 12.0. The number of hydrogen-bond donors (Lipinski definition) is 0. The smallest absolute Gasteiger partial charge is 0.199 e. The van der Waals surface area contributed by atoms with Crippen molar-refractivity contribution < 1.29 is 4.39 Å². The van der Waals surface area contributed by atoms with Gasteiger partial charge in [-0.25, -0.2) is 9.37 Å². The Labute approximate surface area is 113 Å². The Hall–Kier alpha value is -2.01. The van der Waals surface area contributed by atoms with Gasteiger partial charge in [0.15, 0.2) is 16.6 Å². The van der Waals surface area contributed by atoms with Gasteiger partial charge in [0.1, 0.15) is 5.82 Å². The zero-order valence-electron chi connectivity index (χ0n) is 10.4. The van der Waals surface area contributed by atoms with Crippen LogP contribution in [0.3, 0.4) is 0 Å². The molecule has 2 heterocycles. The van der Waals surface area contributed by atoms with E-state index in [2.05, 4.69) is 15.2 Å². The lowest BCUT2D eigenvalue weighted by Crippen LogP contribution is -2.00. The number of nitrogens with zero attached hydrogens (tertiary/aromatic N) is 4. The maximum atomic E-state index is 13.0. The third-order valence-corrected chi connectivity index (χ3v) is 3.33. The number of hydrogen-bond acceptors (Lipinski definition) is 3. The Morgan fingerprint density at radius 2 is 1.79 bits per heavy atom. The Morgan fingerprint density at radius 3 is 2.47 bits per heavy atom. The van der Waals surface area contributed by atoms with Gasteiger partial charge in [0.05, 0.1) is 5.69 Å². The third-order valence-electron chi connectivity index (χ3n) is 3.07. The topological polar surface area (TPSA) is 43.1 Å². The van der Waals surface area contributed by atoms with Crippen molar-refractivity contribution in [1.29, 1.82) is 0 Å². The molecule has 0 unspecified atom stereocenters. The minimum Gasteiger partial charge on any atom is -0.275 e. The summed E-state index contributed by atoms with van der Waals surface area (Å²) in [6, 6.07) is 6.10. The minimum atomic E-state index is -0.287. The van der Waals surface area contributed by atoms with E-state index in [1.807, 2.05) is 18.2 Å². The van der Waals surface area contributed by atoms with Crippen LogP contribution in [0, 0.1) is 19.7 Å². The van der Waals surface area contributed by atoms with Gasteiger partial charge >= 0.3 is 0 Å². The molecule has 0 N–H and O–H groups in total. The molecule has 3 rings (SSSR count). The minimum absolute atomic E-state index is 0.287. The first-order valence-corrected chi connectivity index (χ1v) is 6.09. The van der Waals surface area contributed by atoms with Crippen molar-refractivity contribution in [3.63, 3.8) is 0 Å². The van der Waals surface area contributed by atoms with Gasteiger partial charge in [0.25, 0.3) is 0 Å². The molecule has 0 aliphatic heterocycles. The highest BCUT2D eigenvalue weighted by Gasteiger charge is 2.15. The number of rotatable bonds is 1. The van der Waals surface area contributed by atoms with Gasteiger partial charge in [0, 0.05) is 11.3 Å². The van der Waals surface area contributed by atoms with Crippen LogP contribution in [0.4, 0.5) is 4.39 Å². The number of benzene rings is 1. The first-order chi connectivity index (χ1) is 9.08. The summed E-state index contributed by atoms with van der Waals surface area (Å²) < 4.78 is 14.8. The van der Waals surface area contributed by atoms with E-state index in [4.69, 9.17) is 11.6 Å². The predicted octanol–water partition coefficient (Wildman–Crippen LogP) is 3.20. The lowest BCUT2D eigenvalue weighted by atomic mass is 10.2. The van der Waals surface area contributed by atoms with E-state index in [0.29, 0.717) is 16.6 Å². The Morgan fingerprint density at radius 1 is 1.11 bits per heavy atom. The predicted molar refractivity (Wildman–Crippen MR) is 70.7 cm³/mol. The monoisotopic (exact) mass is 276 g/mol. The summed E-state index contributed by atoms with van der Waals surface area (Å²) in [5.74, 6) is 0.338. The van der Waals surface area contributed by atoms with Crippen LogP contribution >= 0.6 is 11.6 Å². The van der Waals surface area contributed by atoms with Crippen molar-refractivity contribution in [1.82, 2.24) is 19.6 Å². The van der Waals surface area contributed by atoms with Crippen LogP contribution in [0.2, 0.25) is 5.15 Å². The molecule has 0 atom stereocenters. The fraction of sp³-hybridized carbons (Fsp3) is 0.154. The Bertz CT molecular complexity index is 764. The Kier molecular flexibility index (Phi) is 2.71. The quantitative estimate of drug-likeness (QED) is 0.685.